The van der Waals surface area contributed by atoms with Gasteiger partial charge in [-0.3, -0.25) is 4.79 Å². The number of aliphatic imine (C=N–C) groups is 1. The Bertz CT molecular complexity index is 875. The zero-order valence-corrected chi connectivity index (χ0v) is 14.8. The van der Waals surface area contributed by atoms with Crippen LogP contribution in [0.2, 0.25) is 0 Å². The Morgan fingerprint density at radius 3 is 2.84 bits per heavy atom. The molecule has 0 saturated carbocycles. The second-order valence-electron chi connectivity index (χ2n) is 5.40. The minimum atomic E-state index is -0.190. The summed E-state index contributed by atoms with van der Waals surface area (Å²) in [5, 5.41) is 13.0. The molecule has 1 amide bonds. The molecule has 2 aromatic rings. The average molecular weight is 354 g/mol. The minimum absolute atomic E-state index is 0.0617. The van der Waals surface area contributed by atoms with Crippen LogP contribution in [0.3, 0.4) is 0 Å². The summed E-state index contributed by atoms with van der Waals surface area (Å²) >= 11 is 1.29. The number of hydrogen-bond donors (Lipinski definition) is 2. The standard InChI is InChI=1S/C19H18N2O3S/c1-3-13-6-4-5-7-14(13)20-19-21-18(23)17(25-19)11-12-8-9-15(22)16(10-12)24-2/h4-11,22H,3H2,1-2H3,(H,20,21,23). The van der Waals surface area contributed by atoms with Crippen molar-refractivity contribution < 1.29 is 14.6 Å². The van der Waals surface area contributed by atoms with E-state index in [1.807, 2.05) is 24.3 Å². The van der Waals surface area contributed by atoms with Gasteiger partial charge in [-0.1, -0.05) is 31.2 Å². The first-order chi connectivity index (χ1) is 12.1. The van der Waals surface area contributed by atoms with Crippen LogP contribution >= 0.6 is 11.8 Å². The number of carbonyl (C=O) groups excluding carboxylic acids is 1. The van der Waals surface area contributed by atoms with Gasteiger partial charge in [0, 0.05) is 0 Å². The van der Waals surface area contributed by atoms with E-state index in [2.05, 4.69) is 17.2 Å². The third kappa shape index (κ3) is 3.85. The molecule has 0 aliphatic carbocycles. The fourth-order valence-corrected chi connectivity index (χ4v) is 3.28. The van der Waals surface area contributed by atoms with E-state index in [0.717, 1.165) is 23.2 Å². The number of methoxy groups -OCH3 is 1. The number of benzene rings is 2. The Morgan fingerprint density at radius 2 is 2.08 bits per heavy atom. The third-order valence-electron chi connectivity index (χ3n) is 3.75. The highest BCUT2D eigenvalue weighted by molar-refractivity contribution is 8.18. The third-order valence-corrected chi connectivity index (χ3v) is 4.66. The minimum Gasteiger partial charge on any atom is -0.504 e. The van der Waals surface area contributed by atoms with Gasteiger partial charge in [-0.25, -0.2) is 4.99 Å². The van der Waals surface area contributed by atoms with Crippen molar-refractivity contribution in [2.24, 2.45) is 4.99 Å². The Hall–Kier alpha value is -2.73. The zero-order valence-electron chi connectivity index (χ0n) is 13.9. The first kappa shape index (κ1) is 17.1. The van der Waals surface area contributed by atoms with Gasteiger partial charge in [-0.05, 0) is 53.6 Å². The van der Waals surface area contributed by atoms with Gasteiger partial charge in [0.05, 0.1) is 17.7 Å². The van der Waals surface area contributed by atoms with Crippen molar-refractivity contribution in [2.45, 2.75) is 13.3 Å². The van der Waals surface area contributed by atoms with Crippen molar-refractivity contribution >= 4 is 34.6 Å². The van der Waals surface area contributed by atoms with Crippen molar-refractivity contribution in [3.05, 3.63) is 58.5 Å². The number of phenolic OH excluding ortho intramolecular Hbond substituents is 1. The molecule has 1 fully saturated rings. The van der Waals surface area contributed by atoms with Crippen LogP contribution in [0.4, 0.5) is 5.69 Å². The van der Waals surface area contributed by atoms with Crippen molar-refractivity contribution in [2.75, 3.05) is 7.11 Å². The van der Waals surface area contributed by atoms with E-state index in [0.29, 0.717) is 15.8 Å². The Labute approximate surface area is 150 Å². The zero-order chi connectivity index (χ0) is 17.8. The van der Waals surface area contributed by atoms with Crippen LogP contribution < -0.4 is 10.1 Å². The SMILES string of the molecule is CCc1ccccc1N=C1NC(=O)C(=Cc2ccc(O)c(OC)c2)S1. The molecule has 25 heavy (non-hydrogen) atoms. The molecule has 0 aromatic heterocycles. The molecule has 6 heteroatoms. The monoisotopic (exact) mass is 354 g/mol. The van der Waals surface area contributed by atoms with Crippen molar-refractivity contribution in [3.63, 3.8) is 0 Å². The molecule has 0 bridgehead atoms. The van der Waals surface area contributed by atoms with Crippen LogP contribution in [-0.4, -0.2) is 23.3 Å². The predicted octanol–water partition coefficient (Wildman–Crippen LogP) is 3.85. The Morgan fingerprint density at radius 1 is 1.28 bits per heavy atom. The molecule has 0 spiro atoms. The number of amides is 1. The number of nitrogens with zero attached hydrogens (tertiary/aromatic N) is 1. The number of aryl methyl sites for hydroxylation is 1. The Balaban J connectivity index is 1.86. The number of aromatic hydroxyl groups is 1. The Kier molecular flexibility index (Phi) is 5.09. The van der Waals surface area contributed by atoms with Crippen LogP contribution in [0.25, 0.3) is 6.08 Å². The van der Waals surface area contributed by atoms with Crippen LogP contribution in [0.5, 0.6) is 11.5 Å². The lowest BCUT2D eigenvalue weighted by Gasteiger charge is -2.04. The number of thioether (sulfide) groups is 1. The smallest absolute Gasteiger partial charge is 0.264 e. The topological polar surface area (TPSA) is 70.9 Å². The lowest BCUT2D eigenvalue weighted by Crippen LogP contribution is -2.19. The highest BCUT2D eigenvalue weighted by atomic mass is 32.2. The normalized spacial score (nSPS) is 17.1. The summed E-state index contributed by atoms with van der Waals surface area (Å²) in [4.78, 5) is 17.3. The van der Waals surface area contributed by atoms with E-state index in [1.54, 1.807) is 18.2 Å². The molecule has 2 N–H and O–H groups in total. The highest BCUT2D eigenvalue weighted by Crippen LogP contribution is 2.32. The van der Waals surface area contributed by atoms with Gasteiger partial charge in [0.1, 0.15) is 0 Å². The molecule has 3 rings (SSSR count). The van der Waals surface area contributed by atoms with E-state index < -0.39 is 0 Å². The largest absolute Gasteiger partial charge is 0.504 e. The van der Waals surface area contributed by atoms with Gasteiger partial charge >= 0.3 is 0 Å². The van der Waals surface area contributed by atoms with Gasteiger partial charge in [-0.15, -0.1) is 0 Å². The van der Waals surface area contributed by atoms with Crippen LogP contribution in [0, 0.1) is 0 Å². The first-order valence-electron chi connectivity index (χ1n) is 7.85. The summed E-state index contributed by atoms with van der Waals surface area (Å²) in [5.41, 5.74) is 2.76. The van der Waals surface area contributed by atoms with Gasteiger partial charge in [0.2, 0.25) is 0 Å². The lowest BCUT2D eigenvalue weighted by atomic mass is 10.1. The van der Waals surface area contributed by atoms with Crippen molar-refractivity contribution in [1.82, 2.24) is 5.32 Å². The van der Waals surface area contributed by atoms with E-state index in [4.69, 9.17) is 4.74 Å². The fraction of sp³-hybridized carbons (Fsp3) is 0.158. The summed E-state index contributed by atoms with van der Waals surface area (Å²) < 4.78 is 5.09. The molecular weight excluding hydrogens is 336 g/mol. The second kappa shape index (κ2) is 7.44. The number of rotatable bonds is 4. The van der Waals surface area contributed by atoms with E-state index >= 15 is 0 Å². The predicted molar refractivity (Wildman–Crippen MR) is 101 cm³/mol. The van der Waals surface area contributed by atoms with Gasteiger partial charge in [0.25, 0.3) is 5.91 Å². The molecule has 1 aliphatic rings. The molecule has 1 aliphatic heterocycles. The first-order valence-corrected chi connectivity index (χ1v) is 8.67. The number of phenols is 1. The average Bonchev–Trinajstić information content (AvgIpc) is 2.96. The number of ether oxygens (including phenoxy) is 1. The summed E-state index contributed by atoms with van der Waals surface area (Å²) in [6, 6.07) is 12.8. The number of hydrogen-bond acceptors (Lipinski definition) is 5. The molecule has 0 radical (unpaired) electrons. The molecule has 0 unspecified atom stereocenters. The highest BCUT2D eigenvalue weighted by Gasteiger charge is 2.24. The fourth-order valence-electron chi connectivity index (χ4n) is 2.44. The van der Waals surface area contributed by atoms with Gasteiger partial charge in [0.15, 0.2) is 16.7 Å². The maximum atomic E-state index is 12.2. The van der Waals surface area contributed by atoms with Gasteiger partial charge < -0.3 is 15.2 Å². The molecule has 2 aromatic carbocycles. The van der Waals surface area contributed by atoms with Gasteiger partial charge in [-0.2, -0.15) is 0 Å². The summed E-state index contributed by atoms with van der Waals surface area (Å²) in [6.45, 7) is 2.07. The molecule has 1 heterocycles. The summed E-state index contributed by atoms with van der Waals surface area (Å²) in [7, 11) is 1.49. The van der Waals surface area contributed by atoms with Crippen LogP contribution in [0.1, 0.15) is 18.1 Å². The van der Waals surface area contributed by atoms with Crippen LogP contribution in [0.15, 0.2) is 52.4 Å². The molecule has 128 valence electrons. The maximum Gasteiger partial charge on any atom is 0.264 e. The molecule has 0 atom stereocenters. The quantitative estimate of drug-likeness (QED) is 0.818. The number of para-hydroxylation sites is 1. The molecule has 1 saturated heterocycles. The van der Waals surface area contributed by atoms with Crippen molar-refractivity contribution in [3.8, 4) is 11.5 Å². The molecule has 5 nitrogen and oxygen atoms in total. The molecular formula is C19H18N2O3S. The number of amidine groups is 1. The van der Waals surface area contributed by atoms with E-state index in [1.165, 1.54) is 24.9 Å². The lowest BCUT2D eigenvalue weighted by molar-refractivity contribution is -0.115. The van der Waals surface area contributed by atoms with Crippen LogP contribution in [-0.2, 0) is 11.2 Å². The van der Waals surface area contributed by atoms with Crippen molar-refractivity contribution in [1.29, 1.82) is 0 Å². The summed E-state index contributed by atoms with van der Waals surface area (Å²) in [6.07, 6.45) is 2.62. The van der Waals surface area contributed by atoms with E-state index in [-0.39, 0.29) is 11.7 Å². The maximum absolute atomic E-state index is 12.2. The number of carbonyl (C=O) groups is 1. The number of nitrogens with one attached hydrogen (secondary N) is 1. The second-order valence-corrected chi connectivity index (χ2v) is 6.43. The summed E-state index contributed by atoms with van der Waals surface area (Å²) in [5.74, 6) is 0.236. The van der Waals surface area contributed by atoms with E-state index in [9.17, 15) is 9.90 Å².